The molecule has 1 amide bonds. The van der Waals surface area contributed by atoms with Crippen LogP contribution < -0.4 is 16.0 Å². The molecule has 1 aliphatic heterocycles. The van der Waals surface area contributed by atoms with E-state index in [1.54, 1.807) is 0 Å². The predicted molar refractivity (Wildman–Crippen MR) is 82.6 cm³/mol. The van der Waals surface area contributed by atoms with Crippen LogP contribution in [0.2, 0.25) is 0 Å². The van der Waals surface area contributed by atoms with Crippen LogP contribution in [0.5, 0.6) is 0 Å². The molecule has 0 bridgehead atoms. The lowest BCUT2D eigenvalue weighted by molar-refractivity contribution is -0.119. The van der Waals surface area contributed by atoms with Crippen LogP contribution >= 0.6 is 0 Å². The van der Waals surface area contributed by atoms with Crippen molar-refractivity contribution in [2.24, 2.45) is 11.7 Å². The van der Waals surface area contributed by atoms with Crippen molar-refractivity contribution in [3.05, 3.63) is 29.6 Å². The number of nitrogens with zero attached hydrogens (tertiary/aromatic N) is 1. The Balaban J connectivity index is 1.94. The Hall–Kier alpha value is -1.62. The lowest BCUT2D eigenvalue weighted by atomic mass is 9.96. The van der Waals surface area contributed by atoms with E-state index in [-0.39, 0.29) is 17.8 Å². The van der Waals surface area contributed by atoms with Crippen molar-refractivity contribution in [3.63, 3.8) is 0 Å². The molecule has 1 aliphatic rings. The lowest BCUT2D eigenvalue weighted by Crippen LogP contribution is -2.38. The summed E-state index contributed by atoms with van der Waals surface area (Å²) in [6, 6.07) is 5.09. The number of amides is 1. The minimum atomic E-state index is -0.204. The molecular weight excluding hydrogens is 269 g/mol. The summed E-state index contributed by atoms with van der Waals surface area (Å²) < 4.78 is 14.2. The molecule has 3 N–H and O–H groups in total. The van der Waals surface area contributed by atoms with Crippen LogP contribution in [-0.4, -0.2) is 25.5 Å². The molecular formula is C16H24FN3O. The lowest BCUT2D eigenvalue weighted by Gasteiger charge is -2.34. The maximum atomic E-state index is 14.2. The summed E-state index contributed by atoms with van der Waals surface area (Å²) in [6.07, 6.45) is 1.93. The van der Waals surface area contributed by atoms with Gasteiger partial charge in [0.15, 0.2) is 0 Å². The number of halogens is 1. The van der Waals surface area contributed by atoms with Crippen molar-refractivity contribution in [1.82, 2.24) is 5.32 Å². The van der Waals surface area contributed by atoms with Crippen LogP contribution in [0.4, 0.5) is 10.1 Å². The molecule has 1 fully saturated rings. The molecule has 0 aliphatic carbocycles. The van der Waals surface area contributed by atoms with Crippen LogP contribution in [0, 0.1) is 11.7 Å². The number of hydrogen-bond donors (Lipinski definition) is 2. The molecule has 0 unspecified atom stereocenters. The second-order valence-electron chi connectivity index (χ2n) is 5.87. The second kappa shape index (κ2) is 6.89. The molecule has 1 atom stereocenters. The van der Waals surface area contributed by atoms with Crippen molar-refractivity contribution in [2.45, 2.75) is 32.7 Å². The number of hydrogen-bond acceptors (Lipinski definition) is 3. The third kappa shape index (κ3) is 4.17. The number of carbonyl (C=O) groups excluding carboxylic acids is 1. The maximum Gasteiger partial charge on any atom is 0.216 e. The van der Waals surface area contributed by atoms with E-state index in [9.17, 15) is 9.18 Å². The van der Waals surface area contributed by atoms with Crippen molar-refractivity contribution < 1.29 is 9.18 Å². The quantitative estimate of drug-likeness (QED) is 0.894. The first-order valence-corrected chi connectivity index (χ1v) is 7.51. The van der Waals surface area contributed by atoms with Gasteiger partial charge in [-0.05, 0) is 43.4 Å². The molecule has 1 aromatic rings. The van der Waals surface area contributed by atoms with Gasteiger partial charge in [-0.1, -0.05) is 6.07 Å². The number of anilines is 1. The summed E-state index contributed by atoms with van der Waals surface area (Å²) in [5, 5.41) is 2.86. The van der Waals surface area contributed by atoms with Gasteiger partial charge in [-0.3, -0.25) is 4.79 Å². The van der Waals surface area contributed by atoms with Gasteiger partial charge >= 0.3 is 0 Å². The molecule has 1 aromatic carbocycles. The van der Waals surface area contributed by atoms with Crippen LogP contribution in [0.15, 0.2) is 18.2 Å². The van der Waals surface area contributed by atoms with Gasteiger partial charge in [-0.15, -0.1) is 0 Å². The largest absolute Gasteiger partial charge is 0.369 e. The first-order chi connectivity index (χ1) is 9.97. The first-order valence-electron chi connectivity index (χ1n) is 7.51. The Labute approximate surface area is 125 Å². The molecule has 5 heteroatoms. The highest BCUT2D eigenvalue weighted by Crippen LogP contribution is 2.27. The molecule has 0 radical (unpaired) electrons. The van der Waals surface area contributed by atoms with Gasteiger partial charge in [0.2, 0.25) is 5.91 Å². The topological polar surface area (TPSA) is 58.4 Å². The van der Waals surface area contributed by atoms with Gasteiger partial charge in [0, 0.05) is 32.6 Å². The molecule has 0 saturated carbocycles. The molecule has 116 valence electrons. The Morgan fingerprint density at radius 2 is 2.14 bits per heavy atom. The number of piperidine rings is 1. The standard InChI is InChI=1S/C16H24FN3O/c1-11(18)14-3-4-16(15(17)9-14)20-7-5-13(6-8-20)10-19-12(2)21/h3-4,9,11,13H,5-8,10,18H2,1-2H3,(H,19,21)/t11-/m1/s1. The van der Waals surface area contributed by atoms with Gasteiger partial charge in [0.1, 0.15) is 5.82 Å². The molecule has 1 heterocycles. The third-order valence-corrected chi connectivity index (χ3v) is 4.09. The zero-order valence-electron chi connectivity index (χ0n) is 12.7. The average Bonchev–Trinajstić information content (AvgIpc) is 2.45. The molecule has 1 saturated heterocycles. The van der Waals surface area contributed by atoms with Gasteiger partial charge in [-0.2, -0.15) is 0 Å². The Bertz CT molecular complexity index is 496. The minimum Gasteiger partial charge on any atom is -0.369 e. The number of nitrogens with one attached hydrogen (secondary N) is 1. The highest BCUT2D eigenvalue weighted by molar-refractivity contribution is 5.72. The molecule has 21 heavy (non-hydrogen) atoms. The van der Waals surface area contributed by atoms with Gasteiger partial charge < -0.3 is 16.0 Å². The number of nitrogens with two attached hydrogens (primary N) is 1. The van der Waals surface area contributed by atoms with E-state index in [0.29, 0.717) is 11.6 Å². The van der Waals surface area contributed by atoms with Crippen LogP contribution in [-0.2, 0) is 4.79 Å². The van der Waals surface area contributed by atoms with E-state index in [1.807, 2.05) is 19.1 Å². The normalized spacial score (nSPS) is 17.6. The fourth-order valence-corrected chi connectivity index (χ4v) is 2.73. The highest BCUT2D eigenvalue weighted by Gasteiger charge is 2.21. The summed E-state index contributed by atoms with van der Waals surface area (Å²) in [5.74, 6) is 0.289. The Morgan fingerprint density at radius 3 is 2.67 bits per heavy atom. The van der Waals surface area contributed by atoms with E-state index >= 15 is 0 Å². The highest BCUT2D eigenvalue weighted by atomic mass is 19.1. The van der Waals surface area contributed by atoms with E-state index in [0.717, 1.165) is 38.0 Å². The maximum absolute atomic E-state index is 14.2. The summed E-state index contributed by atoms with van der Waals surface area (Å²) in [7, 11) is 0. The minimum absolute atomic E-state index is 0.00923. The molecule has 0 spiro atoms. The van der Waals surface area contributed by atoms with Crippen LogP contribution in [0.1, 0.15) is 38.3 Å². The Morgan fingerprint density at radius 1 is 1.48 bits per heavy atom. The summed E-state index contributed by atoms with van der Waals surface area (Å²) in [6.45, 7) is 5.74. The molecule has 4 nitrogen and oxygen atoms in total. The van der Waals surface area contributed by atoms with Crippen LogP contribution in [0.25, 0.3) is 0 Å². The Kier molecular flexibility index (Phi) is 5.17. The summed E-state index contributed by atoms with van der Waals surface area (Å²) in [4.78, 5) is 13.0. The first kappa shape index (κ1) is 15.8. The van der Waals surface area contributed by atoms with Crippen molar-refractivity contribution >= 4 is 11.6 Å². The number of carbonyl (C=O) groups is 1. The fourth-order valence-electron chi connectivity index (χ4n) is 2.73. The monoisotopic (exact) mass is 293 g/mol. The predicted octanol–water partition coefficient (Wildman–Crippen LogP) is 2.20. The van der Waals surface area contributed by atoms with E-state index in [4.69, 9.17) is 5.73 Å². The third-order valence-electron chi connectivity index (χ3n) is 4.09. The summed E-state index contributed by atoms with van der Waals surface area (Å²) >= 11 is 0. The van der Waals surface area contributed by atoms with Crippen molar-refractivity contribution in [1.29, 1.82) is 0 Å². The van der Waals surface area contributed by atoms with E-state index < -0.39 is 0 Å². The van der Waals surface area contributed by atoms with Gasteiger partial charge in [0.25, 0.3) is 0 Å². The van der Waals surface area contributed by atoms with Gasteiger partial charge in [0.05, 0.1) is 5.69 Å². The zero-order chi connectivity index (χ0) is 15.4. The van der Waals surface area contributed by atoms with Crippen molar-refractivity contribution in [3.8, 4) is 0 Å². The molecule has 0 aromatic heterocycles. The van der Waals surface area contributed by atoms with E-state index in [1.165, 1.54) is 13.0 Å². The summed E-state index contributed by atoms with van der Waals surface area (Å²) in [5.41, 5.74) is 7.24. The fraction of sp³-hybridized carbons (Fsp3) is 0.562. The zero-order valence-corrected chi connectivity index (χ0v) is 12.7. The van der Waals surface area contributed by atoms with E-state index in [2.05, 4.69) is 10.2 Å². The average molecular weight is 293 g/mol. The van der Waals surface area contributed by atoms with Crippen molar-refractivity contribution in [2.75, 3.05) is 24.5 Å². The number of benzene rings is 1. The smallest absolute Gasteiger partial charge is 0.216 e. The van der Waals surface area contributed by atoms with Gasteiger partial charge in [-0.25, -0.2) is 4.39 Å². The van der Waals surface area contributed by atoms with Crippen LogP contribution in [0.3, 0.4) is 0 Å². The second-order valence-corrected chi connectivity index (χ2v) is 5.87. The SMILES string of the molecule is CC(=O)NCC1CCN(c2ccc([C@@H](C)N)cc2F)CC1. The number of rotatable bonds is 4. The molecule has 2 rings (SSSR count).